The molecule has 0 spiro atoms. The van der Waals surface area contributed by atoms with Crippen LogP contribution in [0.4, 0.5) is 0 Å². The first-order valence-electron chi connectivity index (χ1n) is 9.51. The summed E-state index contributed by atoms with van der Waals surface area (Å²) in [5, 5.41) is 17.6. The first kappa shape index (κ1) is 20.3. The largest absolute Gasteiger partial charge is 0.479 e. The number of ether oxygens (including phenoxy) is 1. The van der Waals surface area contributed by atoms with Crippen molar-refractivity contribution in [1.29, 1.82) is 0 Å². The van der Waals surface area contributed by atoms with Gasteiger partial charge in [0.25, 0.3) is 5.91 Å². The van der Waals surface area contributed by atoms with Crippen LogP contribution in [-0.4, -0.2) is 50.5 Å². The number of carbonyl (C=O) groups excluding carboxylic acids is 1. The van der Waals surface area contributed by atoms with Crippen LogP contribution in [-0.2, 0) is 15.1 Å². The number of aliphatic carboxylic acids is 1. The van der Waals surface area contributed by atoms with Crippen LogP contribution in [0.25, 0.3) is 11.0 Å². The van der Waals surface area contributed by atoms with E-state index in [4.69, 9.17) is 9.72 Å². The number of aryl methyl sites for hydroxylation is 1. The second-order valence-corrected chi connectivity index (χ2v) is 8.76. The highest BCUT2D eigenvalue weighted by Crippen LogP contribution is 2.29. The summed E-state index contributed by atoms with van der Waals surface area (Å²) in [6.07, 6.45) is 0.236. The van der Waals surface area contributed by atoms with E-state index in [1.165, 1.54) is 0 Å². The fourth-order valence-corrected chi connectivity index (χ4v) is 3.42. The predicted octanol–water partition coefficient (Wildman–Crippen LogP) is 2.59. The normalized spacial score (nSPS) is 20.1. The number of pyridine rings is 1. The van der Waals surface area contributed by atoms with Crippen molar-refractivity contribution in [1.82, 2.24) is 20.1 Å². The number of carboxylic acid groups (broad SMARTS) is 1. The van der Waals surface area contributed by atoms with Gasteiger partial charge in [-0.05, 0) is 39.7 Å². The lowest BCUT2D eigenvalue weighted by Crippen LogP contribution is -2.55. The van der Waals surface area contributed by atoms with Crippen LogP contribution in [0.3, 0.4) is 0 Å². The first-order chi connectivity index (χ1) is 13.0. The quantitative estimate of drug-likeness (QED) is 0.834. The number of fused-ring (bicyclic) bond motifs is 1. The monoisotopic (exact) mass is 388 g/mol. The molecule has 1 saturated heterocycles. The van der Waals surface area contributed by atoms with Crippen LogP contribution in [0.2, 0.25) is 0 Å². The predicted molar refractivity (Wildman–Crippen MR) is 105 cm³/mol. The Labute approximate surface area is 164 Å². The molecule has 2 aromatic heterocycles. The number of nitrogens with zero attached hydrogens (tertiary/aromatic N) is 3. The Balaban J connectivity index is 2.18. The number of carboxylic acids is 1. The van der Waals surface area contributed by atoms with Crippen molar-refractivity contribution in [2.24, 2.45) is 0 Å². The van der Waals surface area contributed by atoms with Crippen LogP contribution in [0, 0.1) is 6.92 Å². The minimum atomic E-state index is -1.40. The number of amides is 1. The summed E-state index contributed by atoms with van der Waals surface area (Å²) < 4.78 is 7.08. The van der Waals surface area contributed by atoms with Gasteiger partial charge in [0.2, 0.25) is 0 Å². The van der Waals surface area contributed by atoms with Gasteiger partial charge < -0.3 is 15.2 Å². The lowest BCUT2D eigenvalue weighted by molar-refractivity contribution is -0.144. The van der Waals surface area contributed by atoms with Gasteiger partial charge in [-0.3, -0.25) is 4.79 Å². The van der Waals surface area contributed by atoms with Crippen molar-refractivity contribution in [3.8, 4) is 0 Å². The molecule has 0 aliphatic carbocycles. The molecule has 8 heteroatoms. The fraction of sp³-hybridized carbons (Fsp3) is 0.600. The molecule has 1 aliphatic heterocycles. The van der Waals surface area contributed by atoms with Gasteiger partial charge in [-0.2, -0.15) is 5.10 Å². The molecular weight excluding hydrogens is 360 g/mol. The summed E-state index contributed by atoms with van der Waals surface area (Å²) in [7, 11) is 0. The molecule has 152 valence electrons. The molecule has 0 saturated carbocycles. The third-order valence-electron chi connectivity index (χ3n) is 5.09. The van der Waals surface area contributed by atoms with Crippen LogP contribution >= 0.6 is 0 Å². The maximum atomic E-state index is 13.2. The average Bonchev–Trinajstić information content (AvgIpc) is 3.19. The minimum Gasteiger partial charge on any atom is -0.479 e. The zero-order chi connectivity index (χ0) is 20.9. The Kier molecular flexibility index (Phi) is 4.95. The Morgan fingerprint density at radius 3 is 2.54 bits per heavy atom. The highest BCUT2D eigenvalue weighted by molar-refractivity contribution is 6.08. The van der Waals surface area contributed by atoms with Gasteiger partial charge in [0.1, 0.15) is 0 Å². The van der Waals surface area contributed by atoms with Gasteiger partial charge in [-0.25, -0.2) is 14.5 Å². The molecule has 3 heterocycles. The molecule has 1 fully saturated rings. The molecule has 1 atom stereocenters. The Morgan fingerprint density at radius 1 is 1.36 bits per heavy atom. The SMILES string of the molecule is Cc1nn(C(C)(C)C)c2nc(C(C)C)cc(C(=O)NC3(C(=O)O)CCOC3)c12. The number of nitrogens with one attached hydrogen (secondary N) is 1. The Bertz CT molecular complexity index is 934. The van der Waals surface area contributed by atoms with Crippen LogP contribution < -0.4 is 5.32 Å². The zero-order valence-corrected chi connectivity index (χ0v) is 17.3. The van der Waals surface area contributed by atoms with Gasteiger partial charge in [-0.1, -0.05) is 13.8 Å². The summed E-state index contributed by atoms with van der Waals surface area (Å²) >= 11 is 0. The molecule has 8 nitrogen and oxygen atoms in total. The van der Waals surface area contributed by atoms with Crippen molar-refractivity contribution in [3.05, 3.63) is 23.0 Å². The smallest absolute Gasteiger partial charge is 0.331 e. The zero-order valence-electron chi connectivity index (χ0n) is 17.3. The van der Waals surface area contributed by atoms with E-state index in [2.05, 4.69) is 10.4 Å². The molecule has 1 amide bonds. The Hall–Kier alpha value is -2.48. The molecule has 2 N–H and O–H groups in total. The second kappa shape index (κ2) is 6.84. The summed E-state index contributed by atoms with van der Waals surface area (Å²) in [6.45, 7) is 12.2. The van der Waals surface area contributed by atoms with Crippen molar-refractivity contribution >= 4 is 22.9 Å². The topological polar surface area (TPSA) is 106 Å². The lowest BCUT2D eigenvalue weighted by Gasteiger charge is -2.24. The molecule has 28 heavy (non-hydrogen) atoms. The molecule has 0 bridgehead atoms. The van der Waals surface area contributed by atoms with E-state index in [0.29, 0.717) is 28.9 Å². The van der Waals surface area contributed by atoms with Crippen LogP contribution in [0.1, 0.15) is 68.7 Å². The van der Waals surface area contributed by atoms with E-state index < -0.39 is 17.4 Å². The molecule has 3 rings (SSSR count). The van der Waals surface area contributed by atoms with Gasteiger partial charge in [0, 0.05) is 18.7 Å². The molecular formula is C20H28N4O4. The van der Waals surface area contributed by atoms with Gasteiger partial charge in [0.15, 0.2) is 11.2 Å². The van der Waals surface area contributed by atoms with Crippen molar-refractivity contribution in [2.75, 3.05) is 13.2 Å². The summed E-state index contributed by atoms with van der Waals surface area (Å²) in [5.74, 6) is -1.43. The number of aromatic nitrogens is 3. The van der Waals surface area contributed by atoms with E-state index >= 15 is 0 Å². The van der Waals surface area contributed by atoms with E-state index in [-0.39, 0.29) is 24.5 Å². The maximum absolute atomic E-state index is 13.2. The first-order valence-corrected chi connectivity index (χ1v) is 9.51. The van der Waals surface area contributed by atoms with E-state index in [9.17, 15) is 14.7 Å². The van der Waals surface area contributed by atoms with Gasteiger partial charge in [-0.15, -0.1) is 0 Å². The third kappa shape index (κ3) is 3.37. The molecule has 0 aromatic carbocycles. The molecule has 1 aliphatic rings. The molecule has 1 unspecified atom stereocenters. The number of hydrogen-bond acceptors (Lipinski definition) is 5. The van der Waals surface area contributed by atoms with Crippen LogP contribution in [0.15, 0.2) is 6.07 Å². The summed E-state index contributed by atoms with van der Waals surface area (Å²) in [4.78, 5) is 29.8. The summed E-state index contributed by atoms with van der Waals surface area (Å²) in [5.41, 5.74) is 0.755. The summed E-state index contributed by atoms with van der Waals surface area (Å²) in [6, 6.07) is 1.75. The number of rotatable bonds is 4. The van der Waals surface area contributed by atoms with Gasteiger partial charge >= 0.3 is 5.97 Å². The van der Waals surface area contributed by atoms with Crippen molar-refractivity contribution in [2.45, 2.75) is 65.0 Å². The minimum absolute atomic E-state index is 0.0421. The van der Waals surface area contributed by atoms with Gasteiger partial charge in [0.05, 0.1) is 28.8 Å². The second-order valence-electron chi connectivity index (χ2n) is 8.76. The van der Waals surface area contributed by atoms with Crippen LogP contribution in [0.5, 0.6) is 0 Å². The number of carbonyl (C=O) groups is 2. The van der Waals surface area contributed by atoms with Crippen molar-refractivity contribution in [3.63, 3.8) is 0 Å². The third-order valence-corrected chi connectivity index (χ3v) is 5.09. The van der Waals surface area contributed by atoms with E-state index in [1.807, 2.05) is 46.2 Å². The fourth-order valence-electron chi connectivity index (χ4n) is 3.42. The standard InChI is InChI=1S/C20H28N4O4/c1-11(2)14-9-13(17(25)22-20(18(26)27)7-8-28-10-20)15-12(3)23-24(16(15)21-14)19(4,5)6/h9,11H,7-8,10H2,1-6H3,(H,22,25)(H,26,27). The maximum Gasteiger partial charge on any atom is 0.331 e. The van der Waals surface area contributed by atoms with E-state index in [1.54, 1.807) is 6.07 Å². The molecule has 0 radical (unpaired) electrons. The highest BCUT2D eigenvalue weighted by Gasteiger charge is 2.44. The highest BCUT2D eigenvalue weighted by atomic mass is 16.5. The van der Waals surface area contributed by atoms with E-state index in [0.717, 1.165) is 5.69 Å². The number of hydrogen-bond donors (Lipinski definition) is 2. The average molecular weight is 388 g/mol. The lowest BCUT2D eigenvalue weighted by atomic mass is 9.97. The van der Waals surface area contributed by atoms with Crippen molar-refractivity contribution < 1.29 is 19.4 Å². The Morgan fingerprint density at radius 2 is 2.04 bits per heavy atom. The molecule has 2 aromatic rings.